The second-order valence-electron chi connectivity index (χ2n) is 3.32. The number of carbonyl (C=O) groups excluding carboxylic acids is 1. The van der Waals surface area contributed by atoms with Gasteiger partial charge in [-0.2, -0.15) is 5.10 Å². The van der Waals surface area contributed by atoms with Crippen molar-refractivity contribution in [3.05, 3.63) is 55.1 Å². The monoisotopic (exact) mass is 231 g/mol. The molecule has 5 heteroatoms. The van der Waals surface area contributed by atoms with Crippen LogP contribution in [0.15, 0.2) is 49.3 Å². The SMILES string of the molecule is C=CC(=O)Nc1cnn(-c2ccccc2F)c1. The number of rotatable bonds is 3. The van der Waals surface area contributed by atoms with Gasteiger partial charge in [-0.3, -0.25) is 4.79 Å². The molecule has 0 saturated heterocycles. The fourth-order valence-corrected chi connectivity index (χ4v) is 1.35. The molecule has 17 heavy (non-hydrogen) atoms. The Balaban J connectivity index is 2.27. The number of hydrogen-bond acceptors (Lipinski definition) is 2. The maximum Gasteiger partial charge on any atom is 0.247 e. The first-order valence-electron chi connectivity index (χ1n) is 4.93. The molecular weight excluding hydrogens is 221 g/mol. The number of halogens is 1. The molecule has 0 saturated carbocycles. The highest BCUT2D eigenvalue weighted by molar-refractivity contribution is 5.98. The third-order valence-electron chi connectivity index (χ3n) is 2.13. The number of para-hydroxylation sites is 1. The van der Waals surface area contributed by atoms with E-state index < -0.39 is 0 Å². The molecule has 0 spiro atoms. The van der Waals surface area contributed by atoms with Gasteiger partial charge in [0.05, 0.1) is 18.1 Å². The van der Waals surface area contributed by atoms with E-state index in [-0.39, 0.29) is 11.7 Å². The lowest BCUT2D eigenvalue weighted by Gasteiger charge is -2.01. The zero-order valence-electron chi connectivity index (χ0n) is 8.93. The first-order chi connectivity index (χ1) is 8.20. The van der Waals surface area contributed by atoms with Gasteiger partial charge in [-0.25, -0.2) is 9.07 Å². The predicted octanol–water partition coefficient (Wildman–Crippen LogP) is 2.14. The van der Waals surface area contributed by atoms with E-state index in [1.807, 2.05) is 0 Å². The van der Waals surface area contributed by atoms with Crippen molar-refractivity contribution in [2.75, 3.05) is 5.32 Å². The highest BCUT2D eigenvalue weighted by atomic mass is 19.1. The highest BCUT2D eigenvalue weighted by Gasteiger charge is 2.06. The number of benzene rings is 1. The van der Waals surface area contributed by atoms with E-state index in [1.165, 1.54) is 23.1 Å². The second-order valence-corrected chi connectivity index (χ2v) is 3.32. The van der Waals surface area contributed by atoms with Gasteiger partial charge in [0.25, 0.3) is 0 Å². The molecule has 0 aliphatic rings. The molecule has 0 fully saturated rings. The van der Waals surface area contributed by atoms with E-state index >= 15 is 0 Å². The Hall–Kier alpha value is -2.43. The summed E-state index contributed by atoms with van der Waals surface area (Å²) in [4.78, 5) is 11.1. The Morgan fingerprint density at radius 3 is 2.94 bits per heavy atom. The lowest BCUT2D eigenvalue weighted by atomic mass is 10.3. The predicted molar refractivity (Wildman–Crippen MR) is 62.3 cm³/mol. The molecular formula is C12H10FN3O. The summed E-state index contributed by atoms with van der Waals surface area (Å²) in [7, 11) is 0. The van der Waals surface area contributed by atoms with Gasteiger partial charge in [-0.1, -0.05) is 18.7 Å². The summed E-state index contributed by atoms with van der Waals surface area (Å²) in [6.07, 6.45) is 4.12. The van der Waals surface area contributed by atoms with Crippen molar-refractivity contribution in [1.82, 2.24) is 9.78 Å². The van der Waals surface area contributed by atoms with Gasteiger partial charge < -0.3 is 5.32 Å². The van der Waals surface area contributed by atoms with Crippen LogP contribution >= 0.6 is 0 Å². The van der Waals surface area contributed by atoms with Crippen LogP contribution in [0.25, 0.3) is 5.69 Å². The van der Waals surface area contributed by atoms with E-state index in [2.05, 4.69) is 17.0 Å². The fourth-order valence-electron chi connectivity index (χ4n) is 1.35. The van der Waals surface area contributed by atoms with Crippen LogP contribution < -0.4 is 5.32 Å². The molecule has 1 amide bonds. The van der Waals surface area contributed by atoms with E-state index in [1.54, 1.807) is 18.2 Å². The zero-order valence-corrected chi connectivity index (χ0v) is 8.93. The minimum Gasteiger partial charge on any atom is -0.320 e. The van der Waals surface area contributed by atoms with Crippen LogP contribution in [-0.4, -0.2) is 15.7 Å². The van der Waals surface area contributed by atoms with Crippen LogP contribution in [0.3, 0.4) is 0 Å². The van der Waals surface area contributed by atoms with Crippen LogP contribution in [0, 0.1) is 5.82 Å². The lowest BCUT2D eigenvalue weighted by molar-refractivity contribution is -0.111. The third kappa shape index (κ3) is 2.39. The van der Waals surface area contributed by atoms with Gasteiger partial charge in [0, 0.05) is 0 Å². The van der Waals surface area contributed by atoms with Crippen LogP contribution in [0.1, 0.15) is 0 Å². The Labute approximate surface area is 97.4 Å². The molecule has 1 N–H and O–H groups in total. The van der Waals surface area contributed by atoms with Gasteiger partial charge in [-0.05, 0) is 18.2 Å². The van der Waals surface area contributed by atoms with Crippen molar-refractivity contribution in [1.29, 1.82) is 0 Å². The number of amides is 1. The third-order valence-corrected chi connectivity index (χ3v) is 2.13. The van der Waals surface area contributed by atoms with Crippen LogP contribution in [0.2, 0.25) is 0 Å². The summed E-state index contributed by atoms with van der Waals surface area (Å²) >= 11 is 0. The van der Waals surface area contributed by atoms with E-state index in [0.717, 1.165) is 6.08 Å². The molecule has 1 aromatic carbocycles. The zero-order chi connectivity index (χ0) is 12.3. The largest absolute Gasteiger partial charge is 0.320 e. The van der Waals surface area contributed by atoms with Gasteiger partial charge in [-0.15, -0.1) is 0 Å². The average molecular weight is 231 g/mol. The molecule has 2 rings (SSSR count). The number of aromatic nitrogens is 2. The number of nitrogens with zero attached hydrogens (tertiary/aromatic N) is 2. The standard InChI is InChI=1S/C12H10FN3O/c1-2-12(17)15-9-7-14-16(8-9)11-6-4-3-5-10(11)13/h2-8H,1H2,(H,15,17). The van der Waals surface area contributed by atoms with Crippen molar-refractivity contribution in [2.45, 2.75) is 0 Å². The van der Waals surface area contributed by atoms with Crippen molar-refractivity contribution in [3.63, 3.8) is 0 Å². The number of carbonyl (C=O) groups is 1. The summed E-state index contributed by atoms with van der Waals surface area (Å²) in [6.45, 7) is 3.34. The molecule has 86 valence electrons. The summed E-state index contributed by atoms with van der Waals surface area (Å²) in [6, 6.07) is 6.26. The Kier molecular flexibility index (Phi) is 3.00. The number of hydrogen-bond donors (Lipinski definition) is 1. The summed E-state index contributed by atoms with van der Waals surface area (Å²) in [5.74, 6) is -0.713. The Bertz CT molecular complexity index is 562. The first kappa shape index (κ1) is 11.1. The van der Waals surface area contributed by atoms with E-state index in [0.29, 0.717) is 11.4 Å². The molecule has 0 aliphatic carbocycles. The smallest absolute Gasteiger partial charge is 0.247 e. The van der Waals surface area contributed by atoms with Crippen molar-refractivity contribution in [2.24, 2.45) is 0 Å². The maximum absolute atomic E-state index is 13.4. The van der Waals surface area contributed by atoms with E-state index in [9.17, 15) is 9.18 Å². The molecule has 0 bridgehead atoms. The van der Waals surface area contributed by atoms with E-state index in [4.69, 9.17) is 0 Å². The summed E-state index contributed by atoms with van der Waals surface area (Å²) in [5, 5.41) is 6.50. The number of anilines is 1. The Morgan fingerprint density at radius 1 is 1.47 bits per heavy atom. The maximum atomic E-state index is 13.4. The van der Waals surface area contributed by atoms with Gasteiger partial charge >= 0.3 is 0 Å². The molecule has 4 nitrogen and oxygen atoms in total. The first-order valence-corrected chi connectivity index (χ1v) is 4.93. The van der Waals surface area contributed by atoms with Crippen molar-refractivity contribution >= 4 is 11.6 Å². The molecule has 0 unspecified atom stereocenters. The highest BCUT2D eigenvalue weighted by Crippen LogP contribution is 2.14. The van der Waals surface area contributed by atoms with Crippen molar-refractivity contribution < 1.29 is 9.18 Å². The van der Waals surface area contributed by atoms with Crippen LogP contribution in [0.4, 0.5) is 10.1 Å². The van der Waals surface area contributed by atoms with Crippen LogP contribution in [0.5, 0.6) is 0 Å². The van der Waals surface area contributed by atoms with Crippen molar-refractivity contribution in [3.8, 4) is 5.69 Å². The molecule has 1 aromatic heterocycles. The minimum absolute atomic E-state index is 0.326. The average Bonchev–Trinajstić information content (AvgIpc) is 2.78. The quantitative estimate of drug-likeness (QED) is 0.822. The molecule has 0 aliphatic heterocycles. The fraction of sp³-hybridized carbons (Fsp3) is 0. The molecule has 1 heterocycles. The molecule has 0 atom stereocenters. The second kappa shape index (κ2) is 4.61. The summed E-state index contributed by atoms with van der Waals surface area (Å²) in [5.41, 5.74) is 0.810. The number of nitrogens with one attached hydrogen (secondary N) is 1. The minimum atomic E-state index is -0.378. The normalized spacial score (nSPS) is 9.94. The molecule has 0 radical (unpaired) electrons. The molecule has 2 aromatic rings. The summed E-state index contributed by atoms with van der Waals surface area (Å²) < 4.78 is 14.8. The van der Waals surface area contributed by atoms with Gasteiger partial charge in [0.2, 0.25) is 5.91 Å². The van der Waals surface area contributed by atoms with Gasteiger partial charge in [0.15, 0.2) is 0 Å². The van der Waals surface area contributed by atoms with Gasteiger partial charge in [0.1, 0.15) is 11.5 Å². The lowest BCUT2D eigenvalue weighted by Crippen LogP contribution is -2.06. The van der Waals surface area contributed by atoms with Crippen LogP contribution in [-0.2, 0) is 4.79 Å². The topological polar surface area (TPSA) is 46.9 Å². The Morgan fingerprint density at radius 2 is 2.24 bits per heavy atom.